The van der Waals surface area contributed by atoms with Gasteiger partial charge in [0.05, 0.1) is 13.1 Å². The maximum atomic E-state index is 12.3. The third-order valence-corrected chi connectivity index (χ3v) is 3.52. The Labute approximate surface area is 138 Å². The molecule has 9 heteroatoms. The van der Waals surface area contributed by atoms with Gasteiger partial charge in [0.2, 0.25) is 0 Å². The van der Waals surface area contributed by atoms with Crippen LogP contribution in [0, 0.1) is 0 Å². The Morgan fingerprint density at radius 1 is 1.12 bits per heavy atom. The van der Waals surface area contributed by atoms with Crippen molar-refractivity contribution in [3.8, 4) is 0 Å². The number of carbonyl (C=O) groups is 4. The molecule has 0 spiro atoms. The number of hydrogen-bond donors (Lipinski definition) is 2. The summed E-state index contributed by atoms with van der Waals surface area (Å²) in [6, 6.07) is 4.69. The van der Waals surface area contributed by atoms with Crippen LogP contribution in [-0.4, -0.2) is 71.1 Å². The first-order chi connectivity index (χ1) is 11.3. The SMILES string of the molecule is CN(C)C(=O)N1CCN(C(=O)NC(C(=O)O)c2ccccc2)C1=O. The summed E-state index contributed by atoms with van der Waals surface area (Å²) in [5.41, 5.74) is 0.381. The van der Waals surface area contributed by atoms with Gasteiger partial charge in [-0.15, -0.1) is 0 Å². The fourth-order valence-electron chi connectivity index (χ4n) is 2.28. The Morgan fingerprint density at radius 3 is 2.25 bits per heavy atom. The molecule has 6 amide bonds. The molecule has 128 valence electrons. The lowest BCUT2D eigenvalue weighted by atomic mass is 10.1. The number of benzene rings is 1. The average molecular weight is 334 g/mol. The summed E-state index contributed by atoms with van der Waals surface area (Å²) in [6.45, 7) is 0.0672. The molecule has 1 saturated heterocycles. The van der Waals surface area contributed by atoms with Crippen molar-refractivity contribution in [2.24, 2.45) is 0 Å². The van der Waals surface area contributed by atoms with Gasteiger partial charge >= 0.3 is 24.1 Å². The van der Waals surface area contributed by atoms with E-state index in [1.54, 1.807) is 30.3 Å². The molecule has 1 aliphatic rings. The highest BCUT2D eigenvalue weighted by atomic mass is 16.4. The van der Waals surface area contributed by atoms with Crippen LogP contribution in [-0.2, 0) is 4.79 Å². The normalized spacial score (nSPS) is 15.2. The molecule has 1 heterocycles. The van der Waals surface area contributed by atoms with Gasteiger partial charge in [0.25, 0.3) is 0 Å². The number of carboxylic acids is 1. The van der Waals surface area contributed by atoms with Gasteiger partial charge in [-0.2, -0.15) is 0 Å². The highest BCUT2D eigenvalue weighted by Crippen LogP contribution is 2.16. The first kappa shape index (κ1) is 17.3. The summed E-state index contributed by atoms with van der Waals surface area (Å²) in [5.74, 6) is -1.25. The average Bonchev–Trinajstić information content (AvgIpc) is 2.93. The third-order valence-electron chi connectivity index (χ3n) is 3.52. The highest BCUT2D eigenvalue weighted by Gasteiger charge is 2.38. The zero-order valence-corrected chi connectivity index (χ0v) is 13.3. The van der Waals surface area contributed by atoms with E-state index in [9.17, 15) is 24.3 Å². The predicted octanol–water partition coefficient (Wildman–Crippen LogP) is 0.941. The molecule has 24 heavy (non-hydrogen) atoms. The van der Waals surface area contributed by atoms with Crippen molar-refractivity contribution in [3.05, 3.63) is 35.9 Å². The second-order valence-corrected chi connectivity index (χ2v) is 5.39. The van der Waals surface area contributed by atoms with Crippen molar-refractivity contribution in [1.82, 2.24) is 20.0 Å². The van der Waals surface area contributed by atoms with E-state index in [1.165, 1.54) is 19.0 Å². The number of hydrogen-bond acceptors (Lipinski definition) is 4. The number of rotatable bonds is 3. The maximum Gasteiger partial charge on any atom is 0.336 e. The van der Waals surface area contributed by atoms with Crippen LogP contribution in [0.3, 0.4) is 0 Å². The van der Waals surface area contributed by atoms with E-state index >= 15 is 0 Å². The number of nitrogens with zero attached hydrogens (tertiary/aromatic N) is 3. The third kappa shape index (κ3) is 3.45. The molecule has 0 aromatic heterocycles. The van der Waals surface area contributed by atoms with Crippen LogP contribution in [0.4, 0.5) is 14.4 Å². The van der Waals surface area contributed by atoms with Crippen molar-refractivity contribution in [2.75, 3.05) is 27.2 Å². The van der Waals surface area contributed by atoms with Gasteiger partial charge in [-0.25, -0.2) is 29.0 Å². The van der Waals surface area contributed by atoms with Crippen LogP contribution in [0.25, 0.3) is 0 Å². The molecule has 1 aromatic carbocycles. The maximum absolute atomic E-state index is 12.3. The van der Waals surface area contributed by atoms with Crippen LogP contribution in [0.1, 0.15) is 11.6 Å². The molecule has 1 aromatic rings. The molecular formula is C15H18N4O5. The highest BCUT2D eigenvalue weighted by molar-refractivity contribution is 6.03. The smallest absolute Gasteiger partial charge is 0.336 e. The van der Waals surface area contributed by atoms with Crippen LogP contribution in [0.15, 0.2) is 30.3 Å². The van der Waals surface area contributed by atoms with Crippen molar-refractivity contribution < 1.29 is 24.3 Å². The molecule has 2 rings (SSSR count). The van der Waals surface area contributed by atoms with Gasteiger partial charge in [0, 0.05) is 14.1 Å². The molecule has 1 atom stereocenters. The lowest BCUT2D eigenvalue weighted by molar-refractivity contribution is -0.139. The molecular weight excluding hydrogens is 316 g/mol. The lowest BCUT2D eigenvalue weighted by Crippen LogP contribution is -2.47. The number of imide groups is 2. The minimum atomic E-state index is -1.29. The molecule has 1 unspecified atom stereocenters. The molecule has 9 nitrogen and oxygen atoms in total. The van der Waals surface area contributed by atoms with Gasteiger partial charge in [-0.3, -0.25) is 0 Å². The van der Waals surface area contributed by atoms with E-state index < -0.39 is 30.1 Å². The van der Waals surface area contributed by atoms with Crippen molar-refractivity contribution in [1.29, 1.82) is 0 Å². The standard InChI is InChI=1S/C15H18N4O5/c1-17(2)14(23)19-9-8-18(15(19)24)13(22)16-11(12(20)21)10-6-4-3-5-7-10/h3-7,11H,8-9H2,1-2H3,(H,16,22)(H,20,21). The van der Waals surface area contributed by atoms with Gasteiger partial charge in [0.15, 0.2) is 6.04 Å². The Morgan fingerprint density at radius 2 is 1.71 bits per heavy atom. The quantitative estimate of drug-likeness (QED) is 0.855. The zero-order chi connectivity index (χ0) is 17.9. The summed E-state index contributed by atoms with van der Waals surface area (Å²) in [6.07, 6.45) is 0. The number of nitrogens with one attached hydrogen (secondary N) is 1. The van der Waals surface area contributed by atoms with E-state index in [0.29, 0.717) is 5.56 Å². The fourth-order valence-corrected chi connectivity index (χ4v) is 2.28. The Bertz CT molecular complexity index is 661. The van der Waals surface area contributed by atoms with E-state index in [2.05, 4.69) is 5.32 Å². The van der Waals surface area contributed by atoms with Crippen LogP contribution in [0.2, 0.25) is 0 Å². The van der Waals surface area contributed by atoms with Crippen molar-refractivity contribution >= 4 is 24.1 Å². The number of carbonyl (C=O) groups excluding carboxylic acids is 3. The summed E-state index contributed by atoms with van der Waals surface area (Å²) in [7, 11) is 2.99. The molecule has 1 fully saturated rings. The van der Waals surface area contributed by atoms with Crippen LogP contribution in [0.5, 0.6) is 0 Å². The van der Waals surface area contributed by atoms with Gasteiger partial charge in [0.1, 0.15) is 0 Å². The topological polar surface area (TPSA) is 110 Å². The number of aliphatic carboxylic acids is 1. The van der Waals surface area contributed by atoms with Gasteiger partial charge in [-0.1, -0.05) is 30.3 Å². The minimum absolute atomic E-state index is 0.00533. The monoisotopic (exact) mass is 334 g/mol. The van der Waals surface area contributed by atoms with E-state index in [4.69, 9.17) is 0 Å². The van der Waals surface area contributed by atoms with E-state index in [0.717, 1.165) is 9.80 Å². The minimum Gasteiger partial charge on any atom is -0.479 e. The molecule has 0 saturated carbocycles. The molecule has 0 aliphatic carbocycles. The first-order valence-corrected chi connectivity index (χ1v) is 7.21. The predicted molar refractivity (Wildman–Crippen MR) is 83.2 cm³/mol. The molecule has 0 radical (unpaired) electrons. The lowest BCUT2D eigenvalue weighted by Gasteiger charge is -2.21. The summed E-state index contributed by atoms with van der Waals surface area (Å²) in [5, 5.41) is 11.6. The Balaban J connectivity index is 2.10. The molecule has 0 bridgehead atoms. The summed E-state index contributed by atoms with van der Waals surface area (Å²) in [4.78, 5) is 50.7. The summed E-state index contributed by atoms with van der Waals surface area (Å²) >= 11 is 0. The van der Waals surface area contributed by atoms with Crippen LogP contribution >= 0.6 is 0 Å². The second kappa shape index (κ2) is 6.99. The van der Waals surface area contributed by atoms with E-state index in [1.807, 2.05) is 0 Å². The number of urea groups is 3. The zero-order valence-electron chi connectivity index (χ0n) is 13.3. The fraction of sp³-hybridized carbons (Fsp3) is 0.333. The second-order valence-electron chi connectivity index (χ2n) is 5.39. The van der Waals surface area contributed by atoms with Gasteiger partial charge < -0.3 is 15.3 Å². The Hall–Kier alpha value is -3.10. The van der Waals surface area contributed by atoms with Crippen molar-refractivity contribution in [2.45, 2.75) is 6.04 Å². The van der Waals surface area contributed by atoms with Gasteiger partial charge in [-0.05, 0) is 5.56 Å². The van der Waals surface area contributed by atoms with Crippen molar-refractivity contribution in [3.63, 3.8) is 0 Å². The molecule has 2 N–H and O–H groups in total. The van der Waals surface area contributed by atoms with Crippen LogP contribution < -0.4 is 5.32 Å². The first-order valence-electron chi connectivity index (χ1n) is 7.21. The number of amides is 6. The molecule has 1 aliphatic heterocycles. The van der Waals surface area contributed by atoms with E-state index in [-0.39, 0.29) is 13.1 Å². The number of carboxylic acid groups (broad SMARTS) is 1. The summed E-state index contributed by atoms with van der Waals surface area (Å²) < 4.78 is 0. The largest absolute Gasteiger partial charge is 0.479 e. The Kier molecular flexibility index (Phi) is 5.02.